The largest absolute Gasteiger partial charge is 0.456 e. The van der Waals surface area contributed by atoms with E-state index < -0.39 is 66.3 Å². The van der Waals surface area contributed by atoms with Crippen LogP contribution in [-0.2, 0) is 28.5 Å². The second-order valence-corrected chi connectivity index (χ2v) is 17.0. The molecule has 0 aromatic rings. The van der Waals surface area contributed by atoms with Crippen molar-refractivity contribution in [1.29, 1.82) is 0 Å². The number of methoxy groups -OCH3 is 2. The van der Waals surface area contributed by atoms with Gasteiger partial charge in [0, 0.05) is 32.6 Å². The number of carbonyl (C=O) groups excluding carboxylic acids is 2. The van der Waals surface area contributed by atoms with E-state index in [1.807, 2.05) is 26.8 Å². The number of aliphatic hydroxyl groups excluding tert-OH is 3. The molecule has 11 nitrogen and oxygen atoms in total. The highest BCUT2D eigenvalue weighted by Crippen LogP contribution is 2.40. The first-order chi connectivity index (χ1) is 25.0. The lowest BCUT2D eigenvalue weighted by atomic mass is 9.81. The highest BCUT2D eigenvalue weighted by Gasteiger charge is 2.51. The number of rotatable bonds is 4. The SMILES string of the molecule is C=C1C[C@H](O)[C@@H](C)[C@@H](/C(C)=C/[C@@H]2CCC(O)[C@H](O)C2)OC(=O)C2CCCCN2C(=O)C[C@]2(O)O[C@H]([C@@H](OC)C[C@@H](C)C/C(C)=C/[C@H]1C)[C@@H](OC)C[C@H]2C. The summed E-state index contributed by atoms with van der Waals surface area (Å²) < 4.78 is 24.7. The summed E-state index contributed by atoms with van der Waals surface area (Å²) in [6, 6.07) is -0.864. The first kappa shape index (κ1) is 43.6. The van der Waals surface area contributed by atoms with Gasteiger partial charge in [-0.05, 0) is 101 Å². The van der Waals surface area contributed by atoms with E-state index >= 15 is 0 Å². The number of piperidine rings is 1. The van der Waals surface area contributed by atoms with E-state index in [4.69, 9.17) is 18.9 Å². The Morgan fingerprint density at radius 3 is 2.28 bits per heavy atom. The van der Waals surface area contributed by atoms with Crippen LogP contribution in [0, 0.1) is 29.6 Å². The van der Waals surface area contributed by atoms with E-state index in [1.165, 1.54) is 10.5 Å². The Hall–Kier alpha value is -2.12. The van der Waals surface area contributed by atoms with Crippen LogP contribution >= 0.6 is 0 Å². The molecule has 3 heterocycles. The van der Waals surface area contributed by atoms with Crippen LogP contribution in [-0.4, -0.2) is 113 Å². The summed E-state index contributed by atoms with van der Waals surface area (Å²) in [5, 5.41) is 44.2. The maximum absolute atomic E-state index is 14.2. The Morgan fingerprint density at radius 2 is 1.62 bits per heavy atom. The topological polar surface area (TPSA) is 155 Å². The average Bonchev–Trinajstić information content (AvgIpc) is 3.11. The number of esters is 1. The van der Waals surface area contributed by atoms with E-state index in [-0.39, 0.29) is 36.2 Å². The van der Waals surface area contributed by atoms with Crippen molar-refractivity contribution in [2.24, 2.45) is 29.6 Å². The Morgan fingerprint density at radius 1 is 0.943 bits per heavy atom. The molecule has 1 amide bonds. The molecule has 4 rings (SSSR count). The first-order valence-electron chi connectivity index (χ1n) is 20.0. The quantitative estimate of drug-likeness (QED) is 0.222. The van der Waals surface area contributed by atoms with Crippen LogP contribution in [0.15, 0.2) is 35.5 Å². The minimum Gasteiger partial charge on any atom is -0.456 e. The molecule has 3 aliphatic heterocycles. The number of carbonyl (C=O) groups is 2. The monoisotopic (exact) mass is 747 g/mol. The number of aliphatic hydroxyl groups is 4. The Kier molecular flexibility index (Phi) is 15.8. The number of fused-ring (bicyclic) bond motifs is 3. The fraction of sp³-hybridized carbons (Fsp3) is 0.810. The number of amides is 1. The predicted molar refractivity (Wildman–Crippen MR) is 202 cm³/mol. The van der Waals surface area contributed by atoms with E-state index in [9.17, 15) is 30.0 Å². The summed E-state index contributed by atoms with van der Waals surface area (Å²) >= 11 is 0. The zero-order valence-electron chi connectivity index (χ0n) is 33.5. The maximum atomic E-state index is 14.2. The summed E-state index contributed by atoms with van der Waals surface area (Å²) in [6.07, 6.45) is 4.83. The number of cyclic esters (lactones) is 1. The summed E-state index contributed by atoms with van der Waals surface area (Å²) in [5.74, 6) is -3.53. The van der Waals surface area contributed by atoms with E-state index in [0.29, 0.717) is 57.9 Å². The third-order valence-electron chi connectivity index (χ3n) is 12.6. The number of hydrogen-bond donors (Lipinski definition) is 4. The molecule has 302 valence electrons. The number of nitrogens with zero attached hydrogens (tertiary/aromatic N) is 1. The molecule has 2 saturated heterocycles. The van der Waals surface area contributed by atoms with Crippen molar-refractivity contribution in [3.05, 3.63) is 35.5 Å². The van der Waals surface area contributed by atoms with Crippen molar-refractivity contribution >= 4 is 11.9 Å². The second kappa shape index (κ2) is 19.2. The average molecular weight is 748 g/mol. The third-order valence-corrected chi connectivity index (χ3v) is 12.6. The van der Waals surface area contributed by atoms with Gasteiger partial charge in [0.05, 0.1) is 36.9 Å². The maximum Gasteiger partial charge on any atom is 0.329 e. The summed E-state index contributed by atoms with van der Waals surface area (Å²) in [4.78, 5) is 29.9. The lowest BCUT2D eigenvalue weighted by Gasteiger charge is -2.48. The summed E-state index contributed by atoms with van der Waals surface area (Å²) in [5.41, 5.74) is 2.79. The van der Waals surface area contributed by atoms with Gasteiger partial charge in [-0.1, -0.05) is 57.6 Å². The van der Waals surface area contributed by atoms with Crippen LogP contribution in [0.5, 0.6) is 0 Å². The van der Waals surface area contributed by atoms with E-state index in [0.717, 1.165) is 24.0 Å². The van der Waals surface area contributed by atoms with Crippen LogP contribution in [0.25, 0.3) is 0 Å². The van der Waals surface area contributed by atoms with Crippen LogP contribution in [0.3, 0.4) is 0 Å². The van der Waals surface area contributed by atoms with Crippen LogP contribution in [0.4, 0.5) is 0 Å². The molecule has 1 saturated carbocycles. The van der Waals surface area contributed by atoms with Gasteiger partial charge in [-0.3, -0.25) is 4.79 Å². The summed E-state index contributed by atoms with van der Waals surface area (Å²) in [6.45, 7) is 16.6. The molecule has 0 aromatic carbocycles. The molecule has 14 atom stereocenters. The van der Waals surface area contributed by atoms with Gasteiger partial charge >= 0.3 is 5.97 Å². The van der Waals surface area contributed by atoms with Gasteiger partial charge in [0.25, 0.3) is 0 Å². The zero-order chi connectivity index (χ0) is 39.2. The number of ether oxygens (including phenoxy) is 4. The normalized spacial score (nSPS) is 43.2. The van der Waals surface area contributed by atoms with E-state index in [2.05, 4.69) is 33.4 Å². The van der Waals surface area contributed by atoms with E-state index in [1.54, 1.807) is 14.2 Å². The van der Waals surface area contributed by atoms with Crippen molar-refractivity contribution < 1.29 is 49.0 Å². The fourth-order valence-corrected chi connectivity index (χ4v) is 9.10. The molecule has 2 bridgehead atoms. The van der Waals surface area contributed by atoms with Crippen molar-refractivity contribution in [3.8, 4) is 0 Å². The molecule has 2 unspecified atom stereocenters. The Bertz CT molecular complexity index is 1320. The molecule has 4 N–H and O–H groups in total. The predicted octanol–water partition coefficient (Wildman–Crippen LogP) is 5.24. The van der Waals surface area contributed by atoms with Crippen LogP contribution < -0.4 is 0 Å². The van der Waals surface area contributed by atoms with Crippen molar-refractivity contribution in [2.45, 2.75) is 167 Å². The van der Waals surface area contributed by atoms with Gasteiger partial charge in [0.1, 0.15) is 18.2 Å². The molecular weight excluding hydrogens is 678 g/mol. The lowest BCUT2D eigenvalue weighted by molar-refractivity contribution is -0.321. The molecule has 3 fully saturated rings. The Balaban J connectivity index is 1.71. The smallest absolute Gasteiger partial charge is 0.329 e. The molecule has 4 aliphatic rings. The lowest BCUT2D eigenvalue weighted by Crippen LogP contribution is -2.59. The molecule has 0 spiro atoms. The van der Waals surface area contributed by atoms with Gasteiger partial charge < -0.3 is 44.3 Å². The molecule has 11 heteroatoms. The summed E-state index contributed by atoms with van der Waals surface area (Å²) in [7, 11) is 3.26. The molecule has 53 heavy (non-hydrogen) atoms. The standard InChI is InChI=1S/C42H69NO10/c1-24-16-25(2)18-36(50-8)40-37(51-9)21-29(6)42(49,53-40)23-38(47)43-15-11-10-12-32(43)41(48)52-39(30(7)34(45)20-27(4)26(3)17-24)28(5)19-31-13-14-33(44)35(46)22-31/h17,19,25-26,29-37,39-40,44-46,49H,4,10-16,18,20-23H2,1-3,5-9H3/b24-17+,28-19+/t25-,26+,29+,30+,31-,32?,33?,34-,35+,36-,37-,39+,40+,42-/m0/s1. The minimum atomic E-state index is -1.80. The highest BCUT2D eigenvalue weighted by atomic mass is 16.7. The van der Waals surface area contributed by atoms with Crippen LogP contribution in [0.1, 0.15) is 112 Å². The molecule has 0 radical (unpaired) electrons. The fourth-order valence-electron chi connectivity index (χ4n) is 9.10. The van der Waals surface area contributed by atoms with Gasteiger partial charge in [0.2, 0.25) is 5.91 Å². The van der Waals surface area contributed by atoms with Gasteiger partial charge in [-0.2, -0.15) is 0 Å². The zero-order valence-corrected chi connectivity index (χ0v) is 33.5. The minimum absolute atomic E-state index is 0.0120. The van der Waals surface area contributed by atoms with Gasteiger partial charge in [-0.25, -0.2) is 4.79 Å². The van der Waals surface area contributed by atoms with Gasteiger partial charge in [-0.15, -0.1) is 0 Å². The van der Waals surface area contributed by atoms with Crippen molar-refractivity contribution in [2.75, 3.05) is 20.8 Å². The van der Waals surface area contributed by atoms with Gasteiger partial charge in [0.15, 0.2) is 5.79 Å². The van der Waals surface area contributed by atoms with Crippen molar-refractivity contribution in [3.63, 3.8) is 0 Å². The second-order valence-electron chi connectivity index (χ2n) is 17.0. The highest BCUT2D eigenvalue weighted by molar-refractivity contribution is 5.85. The third kappa shape index (κ3) is 11.0. The number of allylic oxidation sites excluding steroid dienone is 3. The number of hydrogen-bond acceptors (Lipinski definition) is 10. The Labute approximate surface area is 317 Å². The van der Waals surface area contributed by atoms with Crippen LogP contribution in [0.2, 0.25) is 0 Å². The first-order valence-corrected chi connectivity index (χ1v) is 20.0. The van der Waals surface area contributed by atoms with Crippen molar-refractivity contribution in [1.82, 2.24) is 4.90 Å². The molecule has 0 aromatic heterocycles. The molecule has 1 aliphatic carbocycles. The molecular formula is C42H69NO10.